The first-order valence-corrected chi connectivity index (χ1v) is 12.6. The maximum atomic E-state index is 12.8. The molecule has 2 amide bonds. The van der Waals surface area contributed by atoms with Crippen LogP contribution in [-0.2, 0) is 29.0 Å². The topological polar surface area (TPSA) is 109 Å². The lowest BCUT2D eigenvalue weighted by molar-refractivity contribution is -0.116. The van der Waals surface area contributed by atoms with Gasteiger partial charge in [-0.25, -0.2) is 9.78 Å². The van der Waals surface area contributed by atoms with E-state index in [4.69, 9.17) is 9.47 Å². The molecule has 1 aromatic carbocycles. The lowest BCUT2D eigenvalue weighted by Crippen LogP contribution is -2.36. The quantitative estimate of drug-likeness (QED) is 0.482. The standard InChI is InChI=1S/C26H29N5O4S/c1-17(19-5-4-6-20(14-19)34-3)13-24(32)29-25-22(15-27)21-7-9-31(16-23(21)36-25)26(33)35-12-11-30-10-8-28-18(30)2/h4-6,8,10,14,17H,7,9,11-13,16H2,1-3H3,(H,29,32)/t17-/m0/s1. The minimum Gasteiger partial charge on any atom is -0.497 e. The van der Waals surface area contributed by atoms with E-state index in [0.717, 1.165) is 27.6 Å². The Bertz CT molecular complexity index is 1290. The van der Waals surface area contributed by atoms with Crippen LogP contribution in [0, 0.1) is 18.3 Å². The first-order valence-electron chi connectivity index (χ1n) is 11.8. The molecule has 0 spiro atoms. The number of anilines is 1. The zero-order valence-corrected chi connectivity index (χ0v) is 21.4. The summed E-state index contributed by atoms with van der Waals surface area (Å²) >= 11 is 1.35. The van der Waals surface area contributed by atoms with Crippen molar-refractivity contribution in [2.45, 2.75) is 45.7 Å². The van der Waals surface area contributed by atoms with Crippen molar-refractivity contribution >= 4 is 28.3 Å². The number of thiophene rings is 1. The average Bonchev–Trinajstić information content (AvgIpc) is 3.45. The highest BCUT2D eigenvalue weighted by molar-refractivity contribution is 7.16. The van der Waals surface area contributed by atoms with Gasteiger partial charge in [-0.15, -0.1) is 11.3 Å². The third-order valence-corrected chi connectivity index (χ3v) is 7.45. The Morgan fingerprint density at radius 1 is 1.36 bits per heavy atom. The number of nitriles is 1. The number of aryl methyl sites for hydroxylation is 1. The molecule has 1 aliphatic heterocycles. The van der Waals surface area contributed by atoms with Crippen molar-refractivity contribution in [2.24, 2.45) is 0 Å². The normalized spacial score (nSPS) is 13.4. The predicted molar refractivity (Wildman–Crippen MR) is 136 cm³/mol. The van der Waals surface area contributed by atoms with Crippen LogP contribution in [0.15, 0.2) is 36.7 Å². The highest BCUT2D eigenvalue weighted by Crippen LogP contribution is 2.37. The second-order valence-electron chi connectivity index (χ2n) is 8.70. The molecule has 0 saturated carbocycles. The lowest BCUT2D eigenvalue weighted by Gasteiger charge is -2.26. The number of rotatable bonds is 8. The molecule has 0 aliphatic carbocycles. The SMILES string of the molecule is COc1cccc([C@@H](C)CC(=O)Nc2sc3c(c2C#N)CCN(C(=O)OCCn2ccnc2C)C3)c1. The van der Waals surface area contributed by atoms with Gasteiger partial charge in [-0.05, 0) is 42.5 Å². The number of fused-ring (bicyclic) bond motifs is 1. The summed E-state index contributed by atoms with van der Waals surface area (Å²) in [6.45, 7) is 5.48. The van der Waals surface area contributed by atoms with E-state index < -0.39 is 0 Å². The number of hydrogen-bond donors (Lipinski definition) is 1. The summed E-state index contributed by atoms with van der Waals surface area (Å²) in [7, 11) is 1.61. The Balaban J connectivity index is 1.36. The Kier molecular flexibility index (Phi) is 7.90. The fourth-order valence-electron chi connectivity index (χ4n) is 4.25. The average molecular weight is 508 g/mol. The lowest BCUT2D eigenvalue weighted by atomic mass is 9.97. The number of hydrogen-bond acceptors (Lipinski definition) is 7. The summed E-state index contributed by atoms with van der Waals surface area (Å²) in [5.41, 5.74) is 2.39. The van der Waals surface area contributed by atoms with Gasteiger partial charge in [0.05, 0.1) is 25.8 Å². The van der Waals surface area contributed by atoms with Crippen LogP contribution in [-0.4, -0.2) is 46.7 Å². The van der Waals surface area contributed by atoms with E-state index in [1.807, 2.05) is 48.9 Å². The molecule has 10 heteroatoms. The first-order chi connectivity index (χ1) is 17.4. The van der Waals surface area contributed by atoms with Crippen LogP contribution in [0.2, 0.25) is 0 Å². The molecule has 0 bridgehead atoms. The Hall–Kier alpha value is -3.84. The number of nitrogens with zero attached hydrogens (tertiary/aromatic N) is 4. The van der Waals surface area contributed by atoms with E-state index >= 15 is 0 Å². The molecule has 4 rings (SSSR count). The number of carbonyl (C=O) groups excluding carboxylic acids is 2. The second kappa shape index (κ2) is 11.3. The fraction of sp³-hybridized carbons (Fsp3) is 0.385. The number of carbonyl (C=O) groups is 2. The Labute approximate surface area is 214 Å². The molecule has 3 aromatic rings. The summed E-state index contributed by atoms with van der Waals surface area (Å²) < 4.78 is 12.7. The summed E-state index contributed by atoms with van der Waals surface area (Å²) in [5.74, 6) is 1.43. The molecule has 0 radical (unpaired) electrons. The van der Waals surface area contributed by atoms with Gasteiger partial charge in [-0.3, -0.25) is 4.79 Å². The van der Waals surface area contributed by atoms with Crippen LogP contribution in [0.5, 0.6) is 5.75 Å². The third kappa shape index (κ3) is 5.69. The van der Waals surface area contributed by atoms with Crippen LogP contribution in [0.3, 0.4) is 0 Å². The maximum absolute atomic E-state index is 12.8. The molecule has 188 valence electrons. The van der Waals surface area contributed by atoms with Gasteiger partial charge in [-0.2, -0.15) is 5.26 Å². The van der Waals surface area contributed by atoms with Crippen LogP contribution in [0.4, 0.5) is 9.80 Å². The Morgan fingerprint density at radius 2 is 2.19 bits per heavy atom. The van der Waals surface area contributed by atoms with Crippen molar-refractivity contribution in [3.05, 3.63) is 64.1 Å². The first kappa shape index (κ1) is 25.3. The molecule has 9 nitrogen and oxygen atoms in total. The molecule has 2 aromatic heterocycles. The van der Waals surface area contributed by atoms with E-state index in [0.29, 0.717) is 36.6 Å². The molecule has 0 fully saturated rings. The molecule has 3 heterocycles. The number of methoxy groups -OCH3 is 1. The zero-order valence-electron chi connectivity index (χ0n) is 20.6. The second-order valence-corrected chi connectivity index (χ2v) is 9.81. The van der Waals surface area contributed by atoms with Gasteiger partial charge in [0.15, 0.2) is 0 Å². The summed E-state index contributed by atoms with van der Waals surface area (Å²) in [5, 5.41) is 13.2. The number of ether oxygens (including phenoxy) is 2. The molecule has 0 unspecified atom stereocenters. The number of benzene rings is 1. The van der Waals surface area contributed by atoms with Gasteiger partial charge in [0.25, 0.3) is 0 Å². The predicted octanol–water partition coefficient (Wildman–Crippen LogP) is 4.46. The van der Waals surface area contributed by atoms with Crippen LogP contribution in [0.25, 0.3) is 0 Å². The van der Waals surface area contributed by atoms with Crippen molar-refractivity contribution in [1.82, 2.24) is 14.5 Å². The van der Waals surface area contributed by atoms with Crippen LogP contribution >= 0.6 is 11.3 Å². The van der Waals surface area contributed by atoms with Crippen molar-refractivity contribution in [3.63, 3.8) is 0 Å². The van der Waals surface area contributed by atoms with Gasteiger partial charge in [0, 0.05) is 30.2 Å². The largest absolute Gasteiger partial charge is 0.497 e. The molecular weight excluding hydrogens is 478 g/mol. The Morgan fingerprint density at radius 3 is 2.92 bits per heavy atom. The van der Waals surface area contributed by atoms with E-state index in [2.05, 4.69) is 16.4 Å². The van der Waals surface area contributed by atoms with Gasteiger partial charge >= 0.3 is 6.09 Å². The molecule has 1 aliphatic rings. The molecular formula is C26H29N5O4S. The van der Waals surface area contributed by atoms with Crippen LogP contribution in [0.1, 0.15) is 46.7 Å². The van der Waals surface area contributed by atoms with Crippen molar-refractivity contribution in [3.8, 4) is 11.8 Å². The number of amides is 2. The highest BCUT2D eigenvalue weighted by atomic mass is 32.1. The summed E-state index contributed by atoms with van der Waals surface area (Å²) in [4.78, 5) is 32.1. The highest BCUT2D eigenvalue weighted by Gasteiger charge is 2.28. The van der Waals surface area contributed by atoms with E-state index in [-0.39, 0.29) is 30.9 Å². The fourth-order valence-corrected chi connectivity index (χ4v) is 5.48. The van der Waals surface area contributed by atoms with Gasteiger partial charge < -0.3 is 24.3 Å². The number of aromatic nitrogens is 2. The van der Waals surface area contributed by atoms with Crippen LogP contribution < -0.4 is 10.1 Å². The minimum absolute atomic E-state index is 0.0170. The van der Waals surface area contributed by atoms with E-state index in [1.54, 1.807) is 18.2 Å². The smallest absolute Gasteiger partial charge is 0.410 e. The van der Waals surface area contributed by atoms with Gasteiger partial charge in [-0.1, -0.05) is 19.1 Å². The number of imidazole rings is 1. The van der Waals surface area contributed by atoms with Crippen molar-refractivity contribution in [1.29, 1.82) is 5.26 Å². The van der Waals surface area contributed by atoms with Crippen molar-refractivity contribution in [2.75, 3.05) is 25.6 Å². The molecule has 1 N–H and O–H groups in total. The van der Waals surface area contributed by atoms with Gasteiger partial charge in [0.1, 0.15) is 29.3 Å². The molecule has 36 heavy (non-hydrogen) atoms. The molecule has 1 atom stereocenters. The maximum Gasteiger partial charge on any atom is 0.410 e. The van der Waals surface area contributed by atoms with Crippen molar-refractivity contribution < 1.29 is 19.1 Å². The van der Waals surface area contributed by atoms with E-state index in [1.165, 1.54) is 11.3 Å². The third-order valence-electron chi connectivity index (χ3n) is 6.32. The van der Waals surface area contributed by atoms with E-state index in [9.17, 15) is 14.9 Å². The zero-order chi connectivity index (χ0) is 25.7. The van der Waals surface area contributed by atoms with Gasteiger partial charge in [0.2, 0.25) is 5.91 Å². The summed E-state index contributed by atoms with van der Waals surface area (Å²) in [6, 6.07) is 9.90. The number of nitrogens with one attached hydrogen (secondary N) is 1. The molecule has 0 saturated heterocycles. The minimum atomic E-state index is -0.386. The summed E-state index contributed by atoms with van der Waals surface area (Å²) in [6.07, 6.45) is 3.99. The monoisotopic (exact) mass is 507 g/mol.